The topological polar surface area (TPSA) is 23.5 Å². The molecular formula is C15H31NO. The van der Waals surface area contributed by atoms with Gasteiger partial charge in [0.1, 0.15) is 0 Å². The minimum atomic E-state index is -0.104. The Kier molecular flexibility index (Phi) is 6.50. The van der Waals surface area contributed by atoms with Crippen molar-refractivity contribution >= 4 is 0 Å². The number of aliphatic hydroxyl groups is 1. The molecule has 0 saturated heterocycles. The van der Waals surface area contributed by atoms with Crippen LogP contribution < -0.4 is 0 Å². The lowest BCUT2D eigenvalue weighted by Crippen LogP contribution is -2.49. The zero-order valence-corrected chi connectivity index (χ0v) is 12.2. The van der Waals surface area contributed by atoms with Gasteiger partial charge in [-0.05, 0) is 45.6 Å². The molecule has 2 heteroatoms. The van der Waals surface area contributed by atoms with Gasteiger partial charge in [-0.3, -0.25) is 4.90 Å². The first-order valence-electron chi connectivity index (χ1n) is 7.50. The average molecular weight is 241 g/mol. The number of likely N-dealkylation sites (N-methyl/N-ethyl adjacent to an activating group) is 1. The number of hydrogen-bond donors (Lipinski definition) is 1. The highest BCUT2D eigenvalue weighted by Crippen LogP contribution is 2.31. The van der Waals surface area contributed by atoms with Crippen LogP contribution in [0.4, 0.5) is 0 Å². The van der Waals surface area contributed by atoms with E-state index in [0.29, 0.717) is 12.1 Å². The largest absolute Gasteiger partial charge is 0.391 e. The molecule has 0 radical (unpaired) electrons. The Bertz CT molecular complexity index is 203. The summed E-state index contributed by atoms with van der Waals surface area (Å²) in [5.74, 6) is 0.838. The first-order valence-corrected chi connectivity index (χ1v) is 7.50. The average Bonchev–Trinajstić information content (AvgIpc) is 2.31. The second kappa shape index (κ2) is 7.38. The van der Waals surface area contributed by atoms with Crippen LogP contribution in [0, 0.1) is 5.92 Å². The van der Waals surface area contributed by atoms with Crippen molar-refractivity contribution in [3.8, 4) is 0 Å². The lowest BCUT2D eigenvalue weighted by atomic mass is 9.80. The molecule has 17 heavy (non-hydrogen) atoms. The molecule has 1 rings (SSSR count). The van der Waals surface area contributed by atoms with Gasteiger partial charge in [0.15, 0.2) is 0 Å². The van der Waals surface area contributed by atoms with Gasteiger partial charge in [-0.1, -0.05) is 33.1 Å². The first kappa shape index (κ1) is 15.0. The summed E-state index contributed by atoms with van der Waals surface area (Å²) in [6.07, 6.45) is 8.39. The number of rotatable bonds is 6. The third kappa shape index (κ3) is 4.26. The van der Waals surface area contributed by atoms with Crippen LogP contribution in [0.5, 0.6) is 0 Å². The van der Waals surface area contributed by atoms with Crippen LogP contribution in [0.1, 0.15) is 65.7 Å². The second-order valence-electron chi connectivity index (χ2n) is 5.91. The molecule has 4 unspecified atom stereocenters. The zero-order chi connectivity index (χ0) is 12.8. The minimum absolute atomic E-state index is 0.104. The van der Waals surface area contributed by atoms with E-state index in [1.165, 1.54) is 38.5 Å². The lowest BCUT2D eigenvalue weighted by Gasteiger charge is -2.41. The van der Waals surface area contributed by atoms with Gasteiger partial charge in [-0.2, -0.15) is 0 Å². The van der Waals surface area contributed by atoms with Crippen LogP contribution in [-0.2, 0) is 0 Å². The van der Waals surface area contributed by atoms with Crippen LogP contribution in [0.15, 0.2) is 0 Å². The summed E-state index contributed by atoms with van der Waals surface area (Å²) in [5.41, 5.74) is 0. The van der Waals surface area contributed by atoms with E-state index in [0.717, 1.165) is 12.3 Å². The van der Waals surface area contributed by atoms with Crippen molar-refractivity contribution in [3.05, 3.63) is 0 Å². The van der Waals surface area contributed by atoms with Crippen molar-refractivity contribution in [1.82, 2.24) is 4.90 Å². The molecule has 0 aliphatic heterocycles. The fourth-order valence-corrected chi connectivity index (χ4v) is 3.27. The van der Waals surface area contributed by atoms with Crippen molar-refractivity contribution < 1.29 is 5.11 Å². The Balaban J connectivity index is 2.53. The van der Waals surface area contributed by atoms with Crippen molar-refractivity contribution in [2.75, 3.05) is 7.05 Å². The van der Waals surface area contributed by atoms with E-state index in [1.807, 2.05) is 0 Å². The standard InChI is InChI=1S/C15H31NO/c1-5-7-12(3)16(4)14-11-13(8-6-2)9-10-15(14)17/h12-15,17H,5-11H2,1-4H3. The highest BCUT2D eigenvalue weighted by atomic mass is 16.3. The van der Waals surface area contributed by atoms with Crippen molar-refractivity contribution in [2.45, 2.75) is 83.9 Å². The molecule has 1 N–H and O–H groups in total. The molecule has 0 bridgehead atoms. The molecule has 0 aromatic heterocycles. The van der Waals surface area contributed by atoms with Crippen molar-refractivity contribution in [2.24, 2.45) is 5.92 Å². The predicted octanol–water partition coefficient (Wildman–Crippen LogP) is 3.44. The van der Waals surface area contributed by atoms with E-state index in [1.54, 1.807) is 0 Å². The maximum atomic E-state index is 10.2. The quantitative estimate of drug-likeness (QED) is 0.770. The normalized spacial score (nSPS) is 31.8. The molecule has 1 aliphatic rings. The molecule has 0 amide bonds. The fraction of sp³-hybridized carbons (Fsp3) is 1.00. The minimum Gasteiger partial charge on any atom is -0.391 e. The second-order valence-corrected chi connectivity index (χ2v) is 5.91. The monoisotopic (exact) mass is 241 g/mol. The number of nitrogens with zero attached hydrogens (tertiary/aromatic N) is 1. The molecule has 2 nitrogen and oxygen atoms in total. The third-order valence-electron chi connectivity index (χ3n) is 4.51. The molecular weight excluding hydrogens is 210 g/mol. The SMILES string of the molecule is CCCC1CCC(O)C(N(C)C(C)CCC)C1. The summed E-state index contributed by atoms with van der Waals surface area (Å²) in [7, 11) is 2.20. The van der Waals surface area contributed by atoms with Gasteiger partial charge in [-0.15, -0.1) is 0 Å². The zero-order valence-electron chi connectivity index (χ0n) is 12.2. The molecule has 4 atom stereocenters. The van der Waals surface area contributed by atoms with Gasteiger partial charge in [-0.25, -0.2) is 0 Å². The predicted molar refractivity (Wildman–Crippen MR) is 74.2 cm³/mol. The Morgan fingerprint density at radius 3 is 2.53 bits per heavy atom. The third-order valence-corrected chi connectivity index (χ3v) is 4.51. The summed E-state index contributed by atoms with van der Waals surface area (Å²) in [6.45, 7) is 6.80. The highest BCUT2D eigenvalue weighted by molar-refractivity contribution is 4.87. The van der Waals surface area contributed by atoms with Gasteiger partial charge >= 0.3 is 0 Å². The molecule has 0 aromatic rings. The van der Waals surface area contributed by atoms with Crippen LogP contribution in [0.25, 0.3) is 0 Å². The maximum absolute atomic E-state index is 10.2. The van der Waals surface area contributed by atoms with Crippen LogP contribution in [-0.4, -0.2) is 35.2 Å². The molecule has 102 valence electrons. The Labute approximate surface area is 107 Å². The van der Waals surface area contributed by atoms with Crippen LogP contribution in [0.2, 0.25) is 0 Å². The van der Waals surface area contributed by atoms with E-state index in [-0.39, 0.29) is 6.10 Å². The van der Waals surface area contributed by atoms with Gasteiger partial charge in [0.25, 0.3) is 0 Å². The first-order chi connectivity index (χ1) is 8.10. The van der Waals surface area contributed by atoms with E-state index in [4.69, 9.17) is 0 Å². The van der Waals surface area contributed by atoms with Gasteiger partial charge in [0.05, 0.1) is 6.10 Å². The smallest absolute Gasteiger partial charge is 0.0695 e. The summed E-state index contributed by atoms with van der Waals surface area (Å²) >= 11 is 0. The van der Waals surface area contributed by atoms with Gasteiger partial charge in [0.2, 0.25) is 0 Å². The molecule has 1 fully saturated rings. The Hall–Kier alpha value is -0.0800. The van der Waals surface area contributed by atoms with E-state index >= 15 is 0 Å². The molecule has 0 aromatic carbocycles. The van der Waals surface area contributed by atoms with E-state index in [9.17, 15) is 5.11 Å². The molecule has 1 saturated carbocycles. The van der Waals surface area contributed by atoms with Crippen molar-refractivity contribution in [3.63, 3.8) is 0 Å². The van der Waals surface area contributed by atoms with Gasteiger partial charge < -0.3 is 5.11 Å². The van der Waals surface area contributed by atoms with E-state index in [2.05, 4.69) is 32.7 Å². The Morgan fingerprint density at radius 2 is 1.94 bits per heavy atom. The molecule has 1 aliphatic carbocycles. The van der Waals surface area contributed by atoms with Crippen LogP contribution >= 0.6 is 0 Å². The van der Waals surface area contributed by atoms with Crippen molar-refractivity contribution in [1.29, 1.82) is 0 Å². The lowest BCUT2D eigenvalue weighted by molar-refractivity contribution is -0.00324. The summed E-state index contributed by atoms with van der Waals surface area (Å²) < 4.78 is 0. The summed E-state index contributed by atoms with van der Waals surface area (Å²) in [4.78, 5) is 2.43. The number of hydrogen-bond acceptors (Lipinski definition) is 2. The number of aliphatic hydroxyl groups excluding tert-OH is 1. The summed E-state index contributed by atoms with van der Waals surface area (Å²) in [5, 5.41) is 10.2. The van der Waals surface area contributed by atoms with Gasteiger partial charge in [0, 0.05) is 12.1 Å². The highest BCUT2D eigenvalue weighted by Gasteiger charge is 2.32. The van der Waals surface area contributed by atoms with Crippen LogP contribution in [0.3, 0.4) is 0 Å². The maximum Gasteiger partial charge on any atom is 0.0695 e. The molecule has 0 heterocycles. The van der Waals surface area contributed by atoms with E-state index < -0.39 is 0 Å². The molecule has 0 spiro atoms. The fourth-order valence-electron chi connectivity index (χ4n) is 3.27. The summed E-state index contributed by atoms with van der Waals surface area (Å²) in [6, 6.07) is 0.988. The Morgan fingerprint density at radius 1 is 1.24 bits per heavy atom.